The maximum atomic E-state index is 10.5. The van der Waals surface area contributed by atoms with Gasteiger partial charge in [-0.25, -0.2) is 0 Å². The van der Waals surface area contributed by atoms with E-state index in [2.05, 4.69) is 35.6 Å². The predicted octanol–water partition coefficient (Wildman–Crippen LogP) is 1.64. The number of aliphatic hydroxyl groups is 1. The first-order valence-electron chi connectivity index (χ1n) is 8.93. The monoisotopic (exact) mass is 297 g/mol. The number of nitrogens with zero attached hydrogens (tertiary/aromatic N) is 3. The fraction of sp³-hybridized carbons (Fsp3) is 1.00. The van der Waals surface area contributed by atoms with Crippen molar-refractivity contribution in [2.45, 2.75) is 57.6 Å². The minimum atomic E-state index is -0.480. The molecule has 21 heavy (non-hydrogen) atoms. The molecule has 0 radical (unpaired) electrons. The van der Waals surface area contributed by atoms with Crippen molar-refractivity contribution in [2.24, 2.45) is 0 Å². The van der Waals surface area contributed by atoms with Gasteiger partial charge in [0.05, 0.1) is 5.60 Å². The van der Waals surface area contributed by atoms with Crippen LogP contribution in [0, 0.1) is 0 Å². The quantitative estimate of drug-likeness (QED) is 0.807. The summed E-state index contributed by atoms with van der Waals surface area (Å²) >= 11 is 0. The third kappa shape index (κ3) is 4.92. The van der Waals surface area contributed by atoms with Crippen LogP contribution < -0.4 is 0 Å². The first-order chi connectivity index (χ1) is 10.1. The highest BCUT2D eigenvalue weighted by molar-refractivity contribution is 4.84. The first-order valence-corrected chi connectivity index (χ1v) is 8.93. The Balaban J connectivity index is 1.73. The highest BCUT2D eigenvalue weighted by atomic mass is 16.3. The van der Waals surface area contributed by atoms with E-state index >= 15 is 0 Å². The second-order valence-electron chi connectivity index (χ2n) is 7.14. The molecule has 124 valence electrons. The molecule has 1 N–H and O–H groups in total. The topological polar surface area (TPSA) is 30.0 Å². The van der Waals surface area contributed by atoms with Gasteiger partial charge < -0.3 is 10.0 Å². The molecule has 0 aliphatic carbocycles. The van der Waals surface area contributed by atoms with Gasteiger partial charge in [-0.05, 0) is 39.3 Å². The summed E-state index contributed by atoms with van der Waals surface area (Å²) in [6.45, 7) is 12.1. The smallest absolute Gasteiger partial charge is 0.0768 e. The lowest BCUT2D eigenvalue weighted by Crippen LogP contribution is -2.54. The van der Waals surface area contributed by atoms with Crippen molar-refractivity contribution in [1.29, 1.82) is 0 Å². The average Bonchev–Trinajstić information content (AvgIpc) is 2.51. The van der Waals surface area contributed by atoms with Gasteiger partial charge in [0.2, 0.25) is 0 Å². The zero-order valence-electron chi connectivity index (χ0n) is 14.4. The van der Waals surface area contributed by atoms with Gasteiger partial charge in [0.15, 0.2) is 0 Å². The van der Waals surface area contributed by atoms with Gasteiger partial charge in [-0.15, -0.1) is 0 Å². The summed E-state index contributed by atoms with van der Waals surface area (Å²) in [5.41, 5.74) is -0.480. The van der Waals surface area contributed by atoms with E-state index in [1.807, 2.05) is 0 Å². The highest BCUT2D eigenvalue weighted by Gasteiger charge is 2.29. The minimum absolute atomic E-state index is 0.480. The number of likely N-dealkylation sites (N-methyl/N-ethyl adjacent to an activating group) is 1. The number of likely N-dealkylation sites (tertiary alicyclic amines) is 1. The molecule has 4 heteroatoms. The zero-order chi connectivity index (χ0) is 15.3. The summed E-state index contributed by atoms with van der Waals surface area (Å²) in [4.78, 5) is 7.62. The zero-order valence-corrected chi connectivity index (χ0v) is 14.4. The summed E-state index contributed by atoms with van der Waals surface area (Å²) < 4.78 is 0. The second kappa shape index (κ2) is 7.91. The first kappa shape index (κ1) is 17.2. The van der Waals surface area contributed by atoms with E-state index in [1.54, 1.807) is 0 Å². The van der Waals surface area contributed by atoms with Gasteiger partial charge in [0.1, 0.15) is 0 Å². The van der Waals surface area contributed by atoms with Crippen LogP contribution >= 0.6 is 0 Å². The van der Waals surface area contributed by atoms with Crippen LogP contribution in [0.3, 0.4) is 0 Å². The lowest BCUT2D eigenvalue weighted by Gasteiger charge is -2.42. The summed E-state index contributed by atoms with van der Waals surface area (Å²) in [5, 5.41) is 10.5. The van der Waals surface area contributed by atoms with Crippen molar-refractivity contribution in [3.63, 3.8) is 0 Å². The van der Waals surface area contributed by atoms with Crippen molar-refractivity contribution in [1.82, 2.24) is 14.7 Å². The Morgan fingerprint density at radius 1 is 0.952 bits per heavy atom. The average molecular weight is 297 g/mol. The third-order valence-corrected chi connectivity index (χ3v) is 5.69. The number of rotatable bonds is 6. The van der Waals surface area contributed by atoms with Gasteiger partial charge >= 0.3 is 0 Å². The maximum absolute atomic E-state index is 10.5. The molecule has 2 fully saturated rings. The molecular weight excluding hydrogens is 262 g/mol. The van der Waals surface area contributed by atoms with Crippen LogP contribution in [0.5, 0.6) is 0 Å². The largest absolute Gasteiger partial charge is 0.389 e. The Bertz CT molecular complexity index is 298. The van der Waals surface area contributed by atoms with Gasteiger partial charge in [-0.1, -0.05) is 20.3 Å². The Hall–Kier alpha value is -0.160. The Labute approximate surface area is 131 Å². The molecule has 0 aromatic rings. The maximum Gasteiger partial charge on any atom is 0.0768 e. The molecule has 2 aliphatic rings. The van der Waals surface area contributed by atoms with Crippen LogP contribution in [0.4, 0.5) is 0 Å². The standard InChI is InChI=1S/C17H35N3O/c1-4-17(21,5-2)15-20-12-10-19(11-13-20)14-16-8-6-7-9-18(16)3/h16,21H,4-15H2,1-3H3. The lowest BCUT2D eigenvalue weighted by atomic mass is 9.96. The van der Waals surface area contributed by atoms with Gasteiger partial charge in [-0.3, -0.25) is 9.80 Å². The molecule has 2 rings (SSSR count). The van der Waals surface area contributed by atoms with Crippen LogP contribution in [0.2, 0.25) is 0 Å². The molecule has 0 aromatic heterocycles. The molecule has 0 bridgehead atoms. The van der Waals surface area contributed by atoms with E-state index < -0.39 is 5.60 Å². The molecule has 0 saturated carbocycles. The van der Waals surface area contributed by atoms with Crippen molar-refractivity contribution < 1.29 is 5.11 Å². The van der Waals surface area contributed by atoms with E-state index in [9.17, 15) is 5.11 Å². The van der Waals surface area contributed by atoms with E-state index in [0.717, 1.165) is 51.6 Å². The molecule has 1 atom stereocenters. The number of piperazine rings is 1. The van der Waals surface area contributed by atoms with E-state index in [-0.39, 0.29) is 0 Å². The molecule has 2 saturated heterocycles. The summed E-state index contributed by atoms with van der Waals surface area (Å²) in [7, 11) is 2.28. The Morgan fingerprint density at radius 2 is 1.57 bits per heavy atom. The summed E-state index contributed by atoms with van der Waals surface area (Å²) in [6, 6.07) is 0.758. The Kier molecular flexibility index (Phi) is 6.48. The van der Waals surface area contributed by atoms with Crippen molar-refractivity contribution in [2.75, 3.05) is 52.9 Å². The minimum Gasteiger partial charge on any atom is -0.389 e. The van der Waals surface area contributed by atoms with E-state index in [1.165, 1.54) is 32.4 Å². The lowest BCUT2D eigenvalue weighted by molar-refractivity contribution is -0.0179. The normalized spacial score (nSPS) is 27.1. The van der Waals surface area contributed by atoms with Crippen LogP contribution in [0.1, 0.15) is 46.0 Å². The molecular formula is C17H35N3O. The fourth-order valence-corrected chi connectivity index (χ4v) is 3.69. The van der Waals surface area contributed by atoms with Gasteiger partial charge in [0, 0.05) is 45.3 Å². The SMILES string of the molecule is CCC(O)(CC)CN1CCN(CC2CCCCN2C)CC1. The van der Waals surface area contributed by atoms with E-state index in [0.29, 0.717) is 0 Å². The molecule has 0 aromatic carbocycles. The summed E-state index contributed by atoms with van der Waals surface area (Å²) in [5.74, 6) is 0. The summed E-state index contributed by atoms with van der Waals surface area (Å²) in [6.07, 6.45) is 5.84. The van der Waals surface area contributed by atoms with E-state index in [4.69, 9.17) is 0 Å². The van der Waals surface area contributed by atoms with Crippen LogP contribution in [0.15, 0.2) is 0 Å². The molecule has 1 unspecified atom stereocenters. The third-order valence-electron chi connectivity index (χ3n) is 5.69. The van der Waals surface area contributed by atoms with Crippen molar-refractivity contribution >= 4 is 0 Å². The van der Waals surface area contributed by atoms with Crippen LogP contribution in [-0.2, 0) is 0 Å². The number of β-amino-alcohol motifs (C(OH)–C–C–N with tert-alkyl or cyclic N) is 1. The van der Waals surface area contributed by atoms with Crippen LogP contribution in [-0.4, -0.2) is 84.3 Å². The molecule has 0 amide bonds. The molecule has 4 nitrogen and oxygen atoms in total. The highest BCUT2D eigenvalue weighted by Crippen LogP contribution is 2.19. The second-order valence-corrected chi connectivity index (χ2v) is 7.14. The van der Waals surface area contributed by atoms with Crippen molar-refractivity contribution in [3.8, 4) is 0 Å². The number of piperidine rings is 1. The van der Waals surface area contributed by atoms with Gasteiger partial charge in [-0.2, -0.15) is 0 Å². The Morgan fingerprint density at radius 3 is 2.14 bits per heavy atom. The molecule has 2 heterocycles. The number of hydrogen-bond acceptors (Lipinski definition) is 4. The number of hydrogen-bond donors (Lipinski definition) is 1. The predicted molar refractivity (Wildman–Crippen MR) is 88.7 cm³/mol. The van der Waals surface area contributed by atoms with Gasteiger partial charge in [0.25, 0.3) is 0 Å². The molecule has 2 aliphatic heterocycles. The molecule has 0 spiro atoms. The fourth-order valence-electron chi connectivity index (χ4n) is 3.69. The van der Waals surface area contributed by atoms with Crippen molar-refractivity contribution in [3.05, 3.63) is 0 Å². The van der Waals surface area contributed by atoms with Crippen LogP contribution in [0.25, 0.3) is 0 Å².